The van der Waals surface area contributed by atoms with Gasteiger partial charge in [0.2, 0.25) is 5.91 Å². The zero-order chi connectivity index (χ0) is 11.2. The number of carbonyl (C=O) groups is 1. The zero-order valence-electron chi connectivity index (χ0n) is 9.84. The van der Waals surface area contributed by atoms with E-state index in [9.17, 15) is 4.79 Å². The lowest BCUT2D eigenvalue weighted by atomic mass is 10.1. The highest BCUT2D eigenvalue weighted by Crippen LogP contribution is 2.12. The van der Waals surface area contributed by atoms with E-state index in [0.29, 0.717) is 6.10 Å². The minimum Gasteiger partial charge on any atom is -0.377 e. The second kappa shape index (κ2) is 6.21. The number of amides is 1. The molecule has 0 radical (unpaired) electrons. The predicted octanol–water partition coefficient (Wildman–Crippen LogP) is 0.814. The summed E-state index contributed by atoms with van der Waals surface area (Å²) in [6.07, 6.45) is 7.06. The fraction of sp³-hybridized carbons (Fsp3) is 0.917. The van der Waals surface area contributed by atoms with Gasteiger partial charge >= 0.3 is 0 Å². The van der Waals surface area contributed by atoms with Gasteiger partial charge in [0.05, 0.1) is 12.1 Å². The van der Waals surface area contributed by atoms with Crippen molar-refractivity contribution in [2.75, 3.05) is 19.7 Å². The van der Waals surface area contributed by atoms with Crippen molar-refractivity contribution in [1.82, 2.24) is 10.6 Å². The number of hydrogen-bond acceptors (Lipinski definition) is 3. The van der Waals surface area contributed by atoms with E-state index in [4.69, 9.17) is 4.74 Å². The second-order valence-electron chi connectivity index (χ2n) is 4.74. The molecule has 2 unspecified atom stereocenters. The molecule has 0 spiro atoms. The van der Waals surface area contributed by atoms with Crippen molar-refractivity contribution in [3.05, 3.63) is 0 Å². The molecule has 1 amide bonds. The van der Waals surface area contributed by atoms with Crippen molar-refractivity contribution in [1.29, 1.82) is 0 Å². The van der Waals surface area contributed by atoms with E-state index in [1.807, 2.05) is 0 Å². The summed E-state index contributed by atoms with van der Waals surface area (Å²) in [5.41, 5.74) is 0. The van der Waals surface area contributed by atoms with Gasteiger partial charge in [0.1, 0.15) is 0 Å². The van der Waals surface area contributed by atoms with Crippen LogP contribution in [0, 0.1) is 0 Å². The quantitative estimate of drug-likeness (QED) is 0.749. The summed E-state index contributed by atoms with van der Waals surface area (Å²) in [6.45, 7) is 2.53. The molecular formula is C12H22N2O2. The summed E-state index contributed by atoms with van der Waals surface area (Å²) in [4.78, 5) is 11.7. The van der Waals surface area contributed by atoms with Crippen LogP contribution in [-0.4, -0.2) is 37.7 Å². The molecule has 92 valence electrons. The molecule has 0 aliphatic carbocycles. The van der Waals surface area contributed by atoms with Gasteiger partial charge in [-0.15, -0.1) is 0 Å². The average molecular weight is 226 g/mol. The number of carbonyl (C=O) groups excluding carboxylic acids is 1. The number of hydrogen-bond donors (Lipinski definition) is 2. The van der Waals surface area contributed by atoms with Crippen LogP contribution < -0.4 is 10.6 Å². The van der Waals surface area contributed by atoms with Crippen LogP contribution in [0.4, 0.5) is 0 Å². The lowest BCUT2D eigenvalue weighted by molar-refractivity contribution is -0.123. The molecule has 2 fully saturated rings. The molecule has 2 aliphatic heterocycles. The molecule has 16 heavy (non-hydrogen) atoms. The minimum absolute atomic E-state index is 0.00646. The fourth-order valence-electron chi connectivity index (χ4n) is 2.38. The lowest BCUT2D eigenvalue weighted by Crippen LogP contribution is -2.46. The monoisotopic (exact) mass is 226 g/mol. The van der Waals surface area contributed by atoms with Crippen LogP contribution in [0.15, 0.2) is 0 Å². The highest BCUT2D eigenvalue weighted by atomic mass is 16.5. The van der Waals surface area contributed by atoms with Gasteiger partial charge in [-0.1, -0.05) is 0 Å². The van der Waals surface area contributed by atoms with E-state index >= 15 is 0 Å². The molecule has 2 atom stereocenters. The Morgan fingerprint density at radius 2 is 2.12 bits per heavy atom. The third-order valence-corrected chi connectivity index (χ3v) is 3.40. The predicted molar refractivity (Wildman–Crippen MR) is 62.2 cm³/mol. The van der Waals surface area contributed by atoms with Crippen LogP contribution in [0.2, 0.25) is 0 Å². The first-order chi connectivity index (χ1) is 7.86. The Bertz CT molecular complexity index is 227. The first-order valence-corrected chi connectivity index (χ1v) is 6.49. The van der Waals surface area contributed by atoms with Crippen LogP contribution in [0.5, 0.6) is 0 Å². The largest absolute Gasteiger partial charge is 0.377 e. The smallest absolute Gasteiger partial charge is 0.237 e. The van der Waals surface area contributed by atoms with Gasteiger partial charge in [-0.25, -0.2) is 0 Å². The summed E-state index contributed by atoms with van der Waals surface area (Å²) in [5.74, 6) is 0.160. The Balaban J connectivity index is 1.72. The molecular weight excluding hydrogens is 204 g/mol. The Hall–Kier alpha value is -0.610. The summed E-state index contributed by atoms with van der Waals surface area (Å²) in [5, 5.41) is 6.28. The van der Waals surface area contributed by atoms with Crippen LogP contribution in [0.3, 0.4) is 0 Å². The highest BCUT2D eigenvalue weighted by Gasteiger charge is 2.22. The standard InChI is InChI=1S/C12H22N2O2/c15-12-11(6-1-3-7-13-12)14-9-10-5-2-4-8-16-10/h10-11,14H,1-9H2,(H,13,15). The van der Waals surface area contributed by atoms with Crippen LogP contribution >= 0.6 is 0 Å². The van der Waals surface area contributed by atoms with Gasteiger partial charge in [-0.3, -0.25) is 4.79 Å². The number of rotatable bonds is 3. The van der Waals surface area contributed by atoms with Crippen LogP contribution in [0.1, 0.15) is 38.5 Å². The average Bonchev–Trinajstić information content (AvgIpc) is 2.53. The maximum absolute atomic E-state index is 11.7. The summed E-state index contributed by atoms with van der Waals surface area (Å²) in [7, 11) is 0. The molecule has 0 bridgehead atoms. The van der Waals surface area contributed by atoms with Crippen molar-refractivity contribution in [3.63, 3.8) is 0 Å². The molecule has 0 aromatic rings. The van der Waals surface area contributed by atoms with Gasteiger partial charge in [-0.2, -0.15) is 0 Å². The van der Waals surface area contributed by atoms with E-state index in [-0.39, 0.29) is 11.9 Å². The van der Waals surface area contributed by atoms with Gasteiger partial charge in [0, 0.05) is 19.7 Å². The lowest BCUT2D eigenvalue weighted by Gasteiger charge is -2.25. The molecule has 4 heteroatoms. The summed E-state index contributed by atoms with van der Waals surface area (Å²) >= 11 is 0. The van der Waals surface area contributed by atoms with Crippen LogP contribution in [0.25, 0.3) is 0 Å². The van der Waals surface area contributed by atoms with Crippen molar-refractivity contribution >= 4 is 5.91 Å². The Labute approximate surface area is 97.1 Å². The maximum atomic E-state index is 11.7. The molecule has 2 rings (SSSR count). The van der Waals surface area contributed by atoms with Crippen molar-refractivity contribution < 1.29 is 9.53 Å². The maximum Gasteiger partial charge on any atom is 0.237 e. The molecule has 2 aliphatic rings. The van der Waals surface area contributed by atoms with E-state index in [0.717, 1.165) is 45.4 Å². The molecule has 0 saturated carbocycles. The van der Waals surface area contributed by atoms with Crippen molar-refractivity contribution in [2.45, 2.75) is 50.7 Å². The molecule has 2 saturated heterocycles. The summed E-state index contributed by atoms with van der Waals surface area (Å²) < 4.78 is 5.64. The van der Waals surface area contributed by atoms with Gasteiger partial charge in [0.15, 0.2) is 0 Å². The van der Waals surface area contributed by atoms with Crippen molar-refractivity contribution in [3.8, 4) is 0 Å². The molecule has 2 heterocycles. The highest BCUT2D eigenvalue weighted by molar-refractivity contribution is 5.81. The normalized spacial score (nSPS) is 31.9. The van der Waals surface area contributed by atoms with E-state index in [1.165, 1.54) is 12.8 Å². The van der Waals surface area contributed by atoms with Crippen LogP contribution in [-0.2, 0) is 9.53 Å². The number of ether oxygens (including phenoxy) is 1. The molecule has 0 aromatic heterocycles. The fourth-order valence-corrected chi connectivity index (χ4v) is 2.38. The zero-order valence-corrected chi connectivity index (χ0v) is 9.84. The Morgan fingerprint density at radius 1 is 1.25 bits per heavy atom. The molecule has 2 N–H and O–H groups in total. The first kappa shape index (κ1) is 11.9. The Morgan fingerprint density at radius 3 is 2.94 bits per heavy atom. The SMILES string of the molecule is O=C1NCCCCC1NCC1CCCCO1. The Kier molecular flexibility index (Phi) is 4.60. The first-order valence-electron chi connectivity index (χ1n) is 6.49. The second-order valence-corrected chi connectivity index (χ2v) is 4.74. The number of nitrogens with one attached hydrogen (secondary N) is 2. The third-order valence-electron chi connectivity index (χ3n) is 3.40. The topological polar surface area (TPSA) is 50.4 Å². The van der Waals surface area contributed by atoms with Gasteiger partial charge in [-0.05, 0) is 38.5 Å². The van der Waals surface area contributed by atoms with E-state index < -0.39 is 0 Å². The van der Waals surface area contributed by atoms with Crippen molar-refractivity contribution in [2.24, 2.45) is 0 Å². The molecule has 0 aromatic carbocycles. The summed E-state index contributed by atoms with van der Waals surface area (Å²) in [6, 6.07) is -0.00646. The van der Waals surface area contributed by atoms with E-state index in [2.05, 4.69) is 10.6 Å². The minimum atomic E-state index is -0.00646. The van der Waals surface area contributed by atoms with Gasteiger partial charge in [0.25, 0.3) is 0 Å². The van der Waals surface area contributed by atoms with E-state index in [1.54, 1.807) is 0 Å². The third kappa shape index (κ3) is 3.46. The van der Waals surface area contributed by atoms with Gasteiger partial charge < -0.3 is 15.4 Å². The molecule has 4 nitrogen and oxygen atoms in total.